The molecule has 25 heavy (non-hydrogen) atoms. The standard InChI is InChI=1S/C22H32O3/c23-16-8-3-1-2-7-11-18-19(22-15-14-21(18)25-22)12-13-20(24)17-9-5-4-6-10-17/h2,4-7,9-10,18-24H,1,3,8,11-16H2/b7-2-/t18-,19+,20?,21-,22+/m0/s1. The van der Waals surface area contributed by atoms with Crippen molar-refractivity contribution in [3.8, 4) is 0 Å². The highest BCUT2D eigenvalue weighted by molar-refractivity contribution is 5.17. The van der Waals surface area contributed by atoms with Crippen molar-refractivity contribution in [3.63, 3.8) is 0 Å². The lowest BCUT2D eigenvalue weighted by molar-refractivity contribution is 0.0836. The van der Waals surface area contributed by atoms with Crippen molar-refractivity contribution in [1.29, 1.82) is 0 Å². The number of benzene rings is 1. The van der Waals surface area contributed by atoms with Gasteiger partial charge in [-0.05, 0) is 68.8 Å². The average molecular weight is 344 g/mol. The first-order valence-corrected chi connectivity index (χ1v) is 9.94. The van der Waals surface area contributed by atoms with Crippen LogP contribution in [-0.2, 0) is 4.74 Å². The first-order chi connectivity index (χ1) is 12.3. The molecule has 0 aliphatic carbocycles. The summed E-state index contributed by atoms with van der Waals surface area (Å²) in [7, 11) is 0. The summed E-state index contributed by atoms with van der Waals surface area (Å²) in [4.78, 5) is 0. The summed E-state index contributed by atoms with van der Waals surface area (Å²) in [5.41, 5.74) is 1.02. The van der Waals surface area contributed by atoms with Gasteiger partial charge in [0.1, 0.15) is 0 Å². The number of unbranched alkanes of at least 4 members (excludes halogenated alkanes) is 2. The van der Waals surface area contributed by atoms with Crippen LogP contribution in [-0.4, -0.2) is 29.0 Å². The van der Waals surface area contributed by atoms with Crippen LogP contribution in [0.25, 0.3) is 0 Å². The lowest BCUT2D eigenvalue weighted by Crippen LogP contribution is -2.27. The van der Waals surface area contributed by atoms with Gasteiger partial charge in [-0.25, -0.2) is 0 Å². The Morgan fingerprint density at radius 3 is 2.56 bits per heavy atom. The number of hydrogen-bond donors (Lipinski definition) is 2. The van der Waals surface area contributed by atoms with Crippen LogP contribution in [0.15, 0.2) is 42.5 Å². The predicted octanol–water partition coefficient (Wildman–Crippen LogP) is 4.40. The normalized spacial score (nSPS) is 29.5. The van der Waals surface area contributed by atoms with Crippen LogP contribution in [0.4, 0.5) is 0 Å². The van der Waals surface area contributed by atoms with Gasteiger partial charge >= 0.3 is 0 Å². The number of rotatable bonds is 10. The minimum atomic E-state index is -0.366. The molecule has 0 amide bonds. The Labute approximate surface area is 151 Å². The van der Waals surface area contributed by atoms with Gasteiger partial charge in [0.05, 0.1) is 18.3 Å². The van der Waals surface area contributed by atoms with E-state index >= 15 is 0 Å². The topological polar surface area (TPSA) is 49.7 Å². The van der Waals surface area contributed by atoms with E-state index in [1.54, 1.807) is 0 Å². The molecule has 3 nitrogen and oxygen atoms in total. The second-order valence-electron chi connectivity index (χ2n) is 7.55. The molecule has 2 aliphatic heterocycles. The van der Waals surface area contributed by atoms with Crippen molar-refractivity contribution in [3.05, 3.63) is 48.0 Å². The van der Waals surface area contributed by atoms with Crippen molar-refractivity contribution < 1.29 is 14.9 Å². The van der Waals surface area contributed by atoms with Crippen LogP contribution in [0.2, 0.25) is 0 Å². The molecule has 5 atom stereocenters. The van der Waals surface area contributed by atoms with E-state index in [1.165, 1.54) is 12.8 Å². The van der Waals surface area contributed by atoms with Gasteiger partial charge in [-0.15, -0.1) is 0 Å². The lowest BCUT2D eigenvalue weighted by Gasteiger charge is -2.28. The second kappa shape index (κ2) is 9.51. The molecule has 1 unspecified atom stereocenters. The third-order valence-electron chi connectivity index (χ3n) is 5.90. The van der Waals surface area contributed by atoms with Crippen LogP contribution >= 0.6 is 0 Å². The van der Waals surface area contributed by atoms with E-state index in [0.717, 1.165) is 44.1 Å². The molecule has 0 radical (unpaired) electrons. The summed E-state index contributed by atoms with van der Waals surface area (Å²) in [5, 5.41) is 19.3. The van der Waals surface area contributed by atoms with Gasteiger partial charge in [0, 0.05) is 6.61 Å². The minimum absolute atomic E-state index is 0.292. The van der Waals surface area contributed by atoms with Gasteiger partial charge in [-0.1, -0.05) is 42.5 Å². The zero-order valence-corrected chi connectivity index (χ0v) is 15.1. The molecular formula is C22H32O3. The van der Waals surface area contributed by atoms with E-state index < -0.39 is 0 Å². The Balaban J connectivity index is 1.48. The molecule has 0 spiro atoms. The lowest BCUT2D eigenvalue weighted by atomic mass is 9.75. The third-order valence-corrected chi connectivity index (χ3v) is 5.90. The van der Waals surface area contributed by atoms with Gasteiger partial charge in [0.15, 0.2) is 0 Å². The molecule has 0 aromatic heterocycles. The zero-order valence-electron chi connectivity index (χ0n) is 15.1. The maximum Gasteiger partial charge on any atom is 0.0790 e. The fraction of sp³-hybridized carbons (Fsp3) is 0.636. The molecule has 3 rings (SSSR count). The molecule has 2 aliphatic rings. The SMILES string of the molecule is OCCCC/C=C\C[C@H]1[C@@H](CCC(O)c2ccccc2)[C@H]2CC[C@@H]1O2. The van der Waals surface area contributed by atoms with Crippen molar-refractivity contribution in [2.24, 2.45) is 11.8 Å². The van der Waals surface area contributed by atoms with Gasteiger partial charge in [0.2, 0.25) is 0 Å². The smallest absolute Gasteiger partial charge is 0.0790 e. The van der Waals surface area contributed by atoms with E-state index in [-0.39, 0.29) is 6.10 Å². The number of allylic oxidation sites excluding steroid dienone is 2. The number of ether oxygens (including phenoxy) is 1. The van der Waals surface area contributed by atoms with Crippen LogP contribution in [0.1, 0.15) is 63.0 Å². The van der Waals surface area contributed by atoms with Crippen molar-refractivity contribution in [1.82, 2.24) is 0 Å². The van der Waals surface area contributed by atoms with Crippen LogP contribution < -0.4 is 0 Å². The van der Waals surface area contributed by atoms with E-state index in [9.17, 15) is 5.11 Å². The first-order valence-electron chi connectivity index (χ1n) is 9.94. The Morgan fingerprint density at radius 1 is 1.04 bits per heavy atom. The number of fused-ring (bicyclic) bond motifs is 2. The summed E-state index contributed by atoms with van der Waals surface area (Å²) in [6, 6.07) is 9.99. The number of hydrogen-bond acceptors (Lipinski definition) is 3. The summed E-state index contributed by atoms with van der Waals surface area (Å²) >= 11 is 0. The first kappa shape index (κ1) is 18.6. The monoisotopic (exact) mass is 344 g/mol. The Kier molecular flexibility index (Phi) is 7.09. The fourth-order valence-electron chi connectivity index (χ4n) is 4.53. The van der Waals surface area contributed by atoms with Crippen molar-refractivity contribution in [2.75, 3.05) is 6.61 Å². The summed E-state index contributed by atoms with van der Waals surface area (Å²) in [6.07, 6.45) is 13.4. The van der Waals surface area contributed by atoms with E-state index in [2.05, 4.69) is 12.2 Å². The van der Waals surface area contributed by atoms with Crippen molar-refractivity contribution in [2.45, 2.75) is 69.7 Å². The highest BCUT2D eigenvalue weighted by Crippen LogP contribution is 2.47. The van der Waals surface area contributed by atoms with Crippen LogP contribution in [0.5, 0.6) is 0 Å². The molecule has 138 valence electrons. The molecule has 2 N–H and O–H groups in total. The highest BCUT2D eigenvalue weighted by atomic mass is 16.5. The summed E-state index contributed by atoms with van der Waals surface area (Å²) < 4.78 is 6.18. The highest BCUT2D eigenvalue weighted by Gasteiger charge is 2.47. The predicted molar refractivity (Wildman–Crippen MR) is 100 cm³/mol. The molecule has 0 saturated carbocycles. The van der Waals surface area contributed by atoms with E-state index in [0.29, 0.717) is 30.7 Å². The molecule has 1 aromatic rings. The van der Waals surface area contributed by atoms with E-state index in [4.69, 9.17) is 9.84 Å². The fourth-order valence-corrected chi connectivity index (χ4v) is 4.53. The van der Waals surface area contributed by atoms with Crippen molar-refractivity contribution >= 4 is 0 Å². The van der Waals surface area contributed by atoms with Gasteiger partial charge in [-0.3, -0.25) is 0 Å². The largest absolute Gasteiger partial charge is 0.396 e. The molecule has 3 heteroatoms. The Hall–Kier alpha value is -1.16. The molecular weight excluding hydrogens is 312 g/mol. The van der Waals surface area contributed by atoms with Crippen LogP contribution in [0.3, 0.4) is 0 Å². The zero-order chi connectivity index (χ0) is 17.5. The second-order valence-corrected chi connectivity index (χ2v) is 7.55. The maximum atomic E-state index is 10.5. The molecule has 2 heterocycles. The Bertz CT molecular complexity index is 527. The number of aliphatic hydroxyl groups excluding tert-OH is 2. The van der Waals surface area contributed by atoms with Gasteiger partial charge in [0.25, 0.3) is 0 Å². The maximum absolute atomic E-state index is 10.5. The summed E-state index contributed by atoms with van der Waals surface area (Å²) in [6.45, 7) is 0.292. The number of aliphatic hydroxyl groups is 2. The quantitative estimate of drug-likeness (QED) is 0.488. The molecule has 2 fully saturated rings. The Morgan fingerprint density at radius 2 is 1.80 bits per heavy atom. The van der Waals surface area contributed by atoms with E-state index in [1.807, 2.05) is 30.3 Å². The average Bonchev–Trinajstić information content (AvgIpc) is 3.25. The molecule has 2 saturated heterocycles. The van der Waals surface area contributed by atoms with Gasteiger partial charge < -0.3 is 14.9 Å². The minimum Gasteiger partial charge on any atom is -0.396 e. The van der Waals surface area contributed by atoms with Gasteiger partial charge in [-0.2, -0.15) is 0 Å². The molecule has 2 bridgehead atoms. The summed E-state index contributed by atoms with van der Waals surface area (Å²) in [5.74, 6) is 1.19. The molecule has 1 aromatic carbocycles. The van der Waals surface area contributed by atoms with Crippen LogP contribution in [0, 0.1) is 11.8 Å². The third kappa shape index (κ3) is 4.93.